The van der Waals surface area contributed by atoms with Gasteiger partial charge in [-0.2, -0.15) is 13.2 Å². The monoisotopic (exact) mass is 977 g/mol. The van der Waals surface area contributed by atoms with E-state index in [0.717, 1.165) is 20.9 Å². The quantitative estimate of drug-likeness (QED) is 0.170. The summed E-state index contributed by atoms with van der Waals surface area (Å²) >= 11 is 5.32. The second-order valence-corrected chi connectivity index (χ2v) is 22.8. The lowest BCUT2D eigenvalue weighted by Gasteiger charge is -2.34. The Balaban J connectivity index is 0.000000189. The highest BCUT2D eigenvalue weighted by Gasteiger charge is 2.36. The zero-order valence-electron chi connectivity index (χ0n) is 40.8. The molecular formula is C59H74F3N3S3. The minimum Gasteiger partial charge on any atom is -0.354 e. The van der Waals surface area contributed by atoms with Crippen LogP contribution in [0.2, 0.25) is 0 Å². The number of nitrogens with one attached hydrogen (secondary N) is 1. The van der Waals surface area contributed by atoms with Crippen LogP contribution in [0.1, 0.15) is 167 Å². The lowest BCUT2D eigenvalue weighted by Crippen LogP contribution is -2.32. The molecule has 3 nitrogen and oxygen atoms in total. The lowest BCUT2D eigenvalue weighted by atomic mass is 10.0. The van der Waals surface area contributed by atoms with Crippen LogP contribution in [0.5, 0.6) is 0 Å². The molecule has 0 saturated heterocycles. The van der Waals surface area contributed by atoms with E-state index >= 15 is 0 Å². The summed E-state index contributed by atoms with van der Waals surface area (Å²) in [6.45, 7) is 25.3. The first-order chi connectivity index (χ1) is 31.2. The number of halogens is 3. The van der Waals surface area contributed by atoms with Gasteiger partial charge in [-0.15, -0.1) is 0 Å². The summed E-state index contributed by atoms with van der Waals surface area (Å²) in [7, 11) is 2.18. The second-order valence-electron chi connectivity index (χ2n) is 19.5. The molecule has 0 amide bonds. The van der Waals surface area contributed by atoms with E-state index in [1.165, 1.54) is 69.5 Å². The fraction of sp³-hybridized carbons (Fsp3) is 0.390. The van der Waals surface area contributed by atoms with E-state index < -0.39 is 12.7 Å². The number of anilines is 6. The molecule has 6 aromatic carbocycles. The Bertz CT molecular complexity index is 2630. The van der Waals surface area contributed by atoms with Crippen molar-refractivity contribution in [3.63, 3.8) is 0 Å². The van der Waals surface area contributed by atoms with Gasteiger partial charge in [0, 0.05) is 36.4 Å². The highest BCUT2D eigenvalue weighted by molar-refractivity contribution is 8.00. The molecule has 0 bridgehead atoms. The molecule has 68 heavy (non-hydrogen) atoms. The predicted molar refractivity (Wildman–Crippen MR) is 293 cm³/mol. The van der Waals surface area contributed by atoms with Crippen LogP contribution in [0, 0.1) is 0 Å². The molecule has 0 fully saturated rings. The zero-order chi connectivity index (χ0) is 47.8. The summed E-state index contributed by atoms with van der Waals surface area (Å²) in [5, 5.41) is 3.58. The molecule has 0 aliphatic carbocycles. The summed E-state index contributed by atoms with van der Waals surface area (Å²) in [5.74, 6) is 2.89. The van der Waals surface area contributed by atoms with Crippen LogP contribution in [0.4, 0.5) is 47.3 Å². The average molecular weight is 978 g/mol. The summed E-state index contributed by atoms with van der Waals surface area (Å²) in [6, 6.07) is 38.9. The average Bonchev–Trinajstić information content (AvgIpc) is 3.27. The Morgan fingerprint density at radius 3 is 1.26 bits per heavy atom. The Kier molecular flexibility index (Phi) is 18.1. The fourth-order valence-corrected chi connectivity index (χ4v) is 11.5. The summed E-state index contributed by atoms with van der Waals surface area (Å²) in [6.07, 6.45) is -4.26. The molecule has 0 aromatic heterocycles. The molecule has 3 heterocycles. The van der Waals surface area contributed by atoms with Gasteiger partial charge in [-0.1, -0.05) is 170 Å². The molecular weight excluding hydrogens is 904 g/mol. The molecule has 3 aliphatic heterocycles. The number of hydrogen-bond acceptors (Lipinski definition) is 6. The first-order valence-electron chi connectivity index (χ1n) is 23.4. The van der Waals surface area contributed by atoms with Crippen LogP contribution in [0.3, 0.4) is 0 Å². The number of fused-ring (bicyclic) bond motifs is 6. The highest BCUT2D eigenvalue weighted by Crippen LogP contribution is 2.52. The molecule has 9 rings (SSSR count). The van der Waals surface area contributed by atoms with Gasteiger partial charge in [0.25, 0.3) is 0 Å². The van der Waals surface area contributed by atoms with Crippen LogP contribution in [0.25, 0.3) is 0 Å². The summed E-state index contributed by atoms with van der Waals surface area (Å²) < 4.78 is 39.7. The molecule has 3 aliphatic rings. The fourth-order valence-electron chi connectivity index (χ4n) is 8.16. The third-order valence-electron chi connectivity index (χ3n) is 12.5. The van der Waals surface area contributed by atoms with Crippen molar-refractivity contribution in [3.05, 3.63) is 143 Å². The standard InChI is InChI=1S/C20H22F3NS.C19H23NS.C18H21NS.2CH4/c1-12(2)14-6-8-18-17(9-14)24(11-20(21,22)23)16-7-5-15(13(3)4)10-19(16)25-18;1-12(2)14-7-9-18-17(10-14)20(5)16-8-6-15(13(3)4)11-19(16)21-18;1-11(2)13-6-8-17-16(9-13)19-15-7-5-14(12(3)4)10-18(15)20-17;;/h5-10,12-13H,11H2,1-4H3;6-13H,1-5H3;5-12,19H,1-4H3;2*1H4. The minimum absolute atomic E-state index is 0. The maximum atomic E-state index is 13.2. The summed E-state index contributed by atoms with van der Waals surface area (Å²) in [4.78, 5) is 10.9. The van der Waals surface area contributed by atoms with Crippen molar-refractivity contribution in [1.29, 1.82) is 0 Å². The zero-order valence-corrected chi connectivity index (χ0v) is 43.3. The van der Waals surface area contributed by atoms with Crippen molar-refractivity contribution in [2.75, 3.05) is 28.7 Å². The van der Waals surface area contributed by atoms with E-state index in [4.69, 9.17) is 0 Å². The van der Waals surface area contributed by atoms with Crippen molar-refractivity contribution in [3.8, 4) is 0 Å². The smallest absolute Gasteiger partial charge is 0.354 e. The van der Waals surface area contributed by atoms with Crippen molar-refractivity contribution in [1.82, 2.24) is 0 Å². The van der Waals surface area contributed by atoms with Crippen LogP contribution in [-0.2, 0) is 0 Å². The molecule has 6 aromatic rings. The molecule has 364 valence electrons. The third-order valence-corrected chi connectivity index (χ3v) is 15.9. The largest absolute Gasteiger partial charge is 0.406 e. The van der Waals surface area contributed by atoms with E-state index in [0.29, 0.717) is 41.0 Å². The van der Waals surface area contributed by atoms with Crippen molar-refractivity contribution in [2.24, 2.45) is 0 Å². The van der Waals surface area contributed by atoms with E-state index in [2.05, 4.69) is 173 Å². The van der Waals surface area contributed by atoms with Gasteiger partial charge in [-0.3, -0.25) is 0 Å². The number of alkyl halides is 3. The molecule has 0 radical (unpaired) electrons. The van der Waals surface area contributed by atoms with Crippen molar-refractivity contribution >= 4 is 69.4 Å². The normalized spacial score (nSPS) is 13.2. The molecule has 0 spiro atoms. The van der Waals surface area contributed by atoms with E-state index in [9.17, 15) is 13.2 Å². The maximum Gasteiger partial charge on any atom is 0.406 e. The van der Waals surface area contributed by atoms with E-state index in [-0.39, 0.29) is 20.8 Å². The van der Waals surface area contributed by atoms with E-state index in [1.807, 2.05) is 59.9 Å². The molecule has 1 N–H and O–H groups in total. The van der Waals surface area contributed by atoms with E-state index in [1.54, 1.807) is 11.8 Å². The van der Waals surface area contributed by atoms with Gasteiger partial charge in [-0.25, -0.2) is 0 Å². The van der Waals surface area contributed by atoms with Gasteiger partial charge in [0.2, 0.25) is 0 Å². The number of hydrogen-bond donors (Lipinski definition) is 1. The number of rotatable bonds is 7. The molecule has 9 heteroatoms. The van der Waals surface area contributed by atoms with Crippen molar-refractivity contribution < 1.29 is 13.2 Å². The molecule has 0 atom stereocenters. The van der Waals surface area contributed by atoms with Crippen LogP contribution < -0.4 is 15.1 Å². The lowest BCUT2D eigenvalue weighted by molar-refractivity contribution is -0.118. The van der Waals surface area contributed by atoms with Gasteiger partial charge in [0.15, 0.2) is 0 Å². The molecule has 0 unspecified atom stereocenters. The Labute approximate surface area is 420 Å². The Hall–Kier alpha value is -4.44. The van der Waals surface area contributed by atoms with Gasteiger partial charge in [0.1, 0.15) is 6.54 Å². The van der Waals surface area contributed by atoms with Gasteiger partial charge < -0.3 is 15.1 Å². The number of benzene rings is 6. The summed E-state index contributed by atoms with van der Waals surface area (Å²) in [5.41, 5.74) is 14.2. The van der Waals surface area contributed by atoms with Gasteiger partial charge >= 0.3 is 6.18 Å². The molecule has 0 saturated carbocycles. The highest BCUT2D eigenvalue weighted by atomic mass is 32.2. The van der Waals surface area contributed by atoms with Crippen molar-refractivity contribution in [2.45, 2.75) is 169 Å². The second kappa shape index (κ2) is 22.5. The van der Waals surface area contributed by atoms with Crippen LogP contribution >= 0.6 is 35.3 Å². The Morgan fingerprint density at radius 2 is 0.765 bits per heavy atom. The number of nitrogens with zero attached hydrogens (tertiary/aromatic N) is 2. The third kappa shape index (κ3) is 12.5. The predicted octanol–water partition coefficient (Wildman–Crippen LogP) is 20.7. The first-order valence-corrected chi connectivity index (χ1v) is 25.8. The Morgan fingerprint density at radius 1 is 0.397 bits per heavy atom. The van der Waals surface area contributed by atoms with Crippen LogP contribution in [0.15, 0.2) is 139 Å². The van der Waals surface area contributed by atoms with Crippen LogP contribution in [-0.4, -0.2) is 19.8 Å². The van der Waals surface area contributed by atoms with Gasteiger partial charge in [-0.05, 0) is 142 Å². The SMILES string of the molecule is C.C.CC(C)c1ccc2c(c1)Nc1ccc(C(C)C)cc1S2.CC(C)c1ccc2c(c1)Sc1ccc(C(C)C)cc1N2C.CC(C)c1ccc2c(c1)Sc1ccc(C(C)C)cc1N2CC(F)(F)F. The maximum absolute atomic E-state index is 13.2. The topological polar surface area (TPSA) is 18.5 Å². The van der Waals surface area contributed by atoms with Gasteiger partial charge in [0.05, 0.1) is 34.1 Å². The minimum atomic E-state index is -4.26. The first kappa shape index (κ1) is 54.5.